The second kappa shape index (κ2) is 8.34. The molecule has 0 spiro atoms. The molecule has 0 saturated heterocycles. The van der Waals surface area contributed by atoms with Gasteiger partial charge in [0.2, 0.25) is 5.91 Å². The van der Waals surface area contributed by atoms with Gasteiger partial charge in [0, 0.05) is 12.8 Å². The maximum atomic E-state index is 12.0. The second-order valence-corrected chi connectivity index (χ2v) is 5.55. The summed E-state index contributed by atoms with van der Waals surface area (Å²) in [5, 5.41) is 2.88. The van der Waals surface area contributed by atoms with E-state index in [1.807, 2.05) is 56.3 Å². The lowest BCUT2D eigenvalue weighted by molar-refractivity contribution is -0.116. The quantitative estimate of drug-likeness (QED) is 0.844. The fourth-order valence-electron chi connectivity index (χ4n) is 2.25. The Morgan fingerprint density at radius 3 is 2.74 bits per heavy atom. The highest BCUT2D eigenvalue weighted by Crippen LogP contribution is 2.19. The molecule has 0 aliphatic carbocycles. The summed E-state index contributed by atoms with van der Waals surface area (Å²) in [5.74, 6) is 0.768. The third-order valence-electron chi connectivity index (χ3n) is 3.45. The van der Waals surface area contributed by atoms with Crippen LogP contribution in [0, 0.1) is 13.8 Å². The van der Waals surface area contributed by atoms with Gasteiger partial charge in [-0.1, -0.05) is 24.3 Å². The number of hydrogen-bond acceptors (Lipinski definition) is 3. The van der Waals surface area contributed by atoms with E-state index in [9.17, 15) is 4.79 Å². The highest BCUT2D eigenvalue weighted by molar-refractivity contribution is 5.90. The maximum absolute atomic E-state index is 12.0. The zero-order valence-corrected chi connectivity index (χ0v) is 13.9. The Morgan fingerprint density at radius 2 is 1.96 bits per heavy atom. The Bertz CT molecular complexity index is 667. The van der Waals surface area contributed by atoms with E-state index in [-0.39, 0.29) is 5.91 Å². The number of amides is 1. The van der Waals surface area contributed by atoms with Crippen molar-refractivity contribution in [3.8, 4) is 5.75 Å². The van der Waals surface area contributed by atoms with E-state index in [0.717, 1.165) is 28.1 Å². The summed E-state index contributed by atoms with van der Waals surface area (Å²) in [6.45, 7) is 4.90. The van der Waals surface area contributed by atoms with Crippen LogP contribution in [0.4, 0.5) is 5.69 Å². The first-order valence-electron chi connectivity index (χ1n) is 7.66. The lowest BCUT2D eigenvalue weighted by Gasteiger charge is -2.10. The fraction of sp³-hybridized carbons (Fsp3) is 0.316. The molecule has 0 heterocycles. The number of anilines is 1. The number of hydrogen-bond donors (Lipinski definition) is 1. The van der Waals surface area contributed by atoms with Gasteiger partial charge in [0.25, 0.3) is 0 Å². The first kappa shape index (κ1) is 17.0. The van der Waals surface area contributed by atoms with Gasteiger partial charge >= 0.3 is 0 Å². The third-order valence-corrected chi connectivity index (χ3v) is 3.45. The molecule has 122 valence electrons. The SMILES string of the molecule is COCc1cccc(NC(=O)CCOc2cc(C)ccc2C)c1. The van der Waals surface area contributed by atoms with Crippen LogP contribution in [-0.2, 0) is 16.1 Å². The van der Waals surface area contributed by atoms with Crippen LogP contribution in [0.25, 0.3) is 0 Å². The van der Waals surface area contributed by atoms with E-state index in [0.29, 0.717) is 19.6 Å². The largest absolute Gasteiger partial charge is 0.493 e. The predicted molar refractivity (Wildman–Crippen MR) is 91.8 cm³/mol. The van der Waals surface area contributed by atoms with E-state index < -0.39 is 0 Å². The summed E-state index contributed by atoms with van der Waals surface area (Å²) in [6.07, 6.45) is 0.307. The Morgan fingerprint density at radius 1 is 1.13 bits per heavy atom. The van der Waals surface area contributed by atoms with Crippen LogP contribution in [0.15, 0.2) is 42.5 Å². The van der Waals surface area contributed by atoms with Gasteiger partial charge in [0.05, 0.1) is 19.6 Å². The molecule has 0 atom stereocenters. The number of carbonyl (C=O) groups excluding carboxylic acids is 1. The van der Waals surface area contributed by atoms with Crippen molar-refractivity contribution in [3.05, 3.63) is 59.2 Å². The maximum Gasteiger partial charge on any atom is 0.227 e. The summed E-state index contributed by atoms with van der Waals surface area (Å²) >= 11 is 0. The van der Waals surface area contributed by atoms with Crippen molar-refractivity contribution >= 4 is 11.6 Å². The Labute approximate surface area is 137 Å². The van der Waals surface area contributed by atoms with Crippen molar-refractivity contribution < 1.29 is 14.3 Å². The molecule has 0 aromatic heterocycles. The van der Waals surface area contributed by atoms with Gasteiger partial charge in [-0.2, -0.15) is 0 Å². The molecule has 0 saturated carbocycles. The molecule has 0 radical (unpaired) electrons. The summed E-state index contributed by atoms with van der Waals surface area (Å²) in [5.41, 5.74) is 4.02. The Hall–Kier alpha value is -2.33. The molecule has 4 heteroatoms. The smallest absolute Gasteiger partial charge is 0.227 e. The molecule has 23 heavy (non-hydrogen) atoms. The molecule has 1 amide bonds. The Kier molecular flexibility index (Phi) is 6.18. The summed E-state index contributed by atoms with van der Waals surface area (Å²) in [7, 11) is 1.65. The lowest BCUT2D eigenvalue weighted by Crippen LogP contribution is -2.15. The highest BCUT2D eigenvalue weighted by atomic mass is 16.5. The zero-order chi connectivity index (χ0) is 16.7. The molecule has 2 rings (SSSR count). The summed E-state index contributed by atoms with van der Waals surface area (Å²) in [6, 6.07) is 13.7. The van der Waals surface area contributed by atoms with Crippen molar-refractivity contribution in [1.29, 1.82) is 0 Å². The zero-order valence-electron chi connectivity index (χ0n) is 13.9. The van der Waals surface area contributed by atoms with E-state index in [4.69, 9.17) is 9.47 Å². The van der Waals surface area contributed by atoms with Crippen molar-refractivity contribution in [2.75, 3.05) is 19.0 Å². The topological polar surface area (TPSA) is 47.6 Å². The van der Waals surface area contributed by atoms with Gasteiger partial charge in [-0.05, 0) is 48.7 Å². The van der Waals surface area contributed by atoms with E-state index in [2.05, 4.69) is 5.32 Å². The number of benzene rings is 2. The standard InChI is InChI=1S/C19H23NO3/c1-14-7-8-15(2)18(11-14)23-10-9-19(21)20-17-6-4-5-16(12-17)13-22-3/h4-8,11-12H,9-10,13H2,1-3H3,(H,20,21). The molecule has 1 N–H and O–H groups in total. The van der Waals surface area contributed by atoms with E-state index >= 15 is 0 Å². The molecule has 0 aliphatic rings. The predicted octanol–water partition coefficient (Wildman–Crippen LogP) is 3.86. The van der Waals surface area contributed by atoms with Crippen LogP contribution >= 0.6 is 0 Å². The van der Waals surface area contributed by atoms with Gasteiger partial charge in [-0.15, -0.1) is 0 Å². The van der Waals surface area contributed by atoms with Crippen LogP contribution in [0.5, 0.6) is 5.75 Å². The van der Waals surface area contributed by atoms with Crippen molar-refractivity contribution in [3.63, 3.8) is 0 Å². The average Bonchev–Trinajstić information content (AvgIpc) is 2.51. The number of nitrogens with one attached hydrogen (secondary N) is 1. The van der Waals surface area contributed by atoms with E-state index in [1.165, 1.54) is 0 Å². The number of aryl methyl sites for hydroxylation is 2. The van der Waals surface area contributed by atoms with Gasteiger partial charge in [0.1, 0.15) is 5.75 Å². The van der Waals surface area contributed by atoms with Gasteiger partial charge in [0.15, 0.2) is 0 Å². The molecule has 0 bridgehead atoms. The first-order chi connectivity index (χ1) is 11.1. The summed E-state index contributed by atoms with van der Waals surface area (Å²) in [4.78, 5) is 12.0. The van der Waals surface area contributed by atoms with Crippen LogP contribution in [-0.4, -0.2) is 19.6 Å². The van der Waals surface area contributed by atoms with Gasteiger partial charge in [-0.3, -0.25) is 4.79 Å². The molecular weight excluding hydrogens is 290 g/mol. The van der Waals surface area contributed by atoms with Crippen molar-refractivity contribution in [2.24, 2.45) is 0 Å². The normalized spacial score (nSPS) is 10.4. The highest BCUT2D eigenvalue weighted by Gasteiger charge is 2.05. The van der Waals surface area contributed by atoms with Crippen LogP contribution < -0.4 is 10.1 Å². The number of carbonyl (C=O) groups is 1. The Balaban J connectivity index is 1.83. The molecule has 0 aliphatic heterocycles. The number of rotatable bonds is 7. The van der Waals surface area contributed by atoms with Gasteiger partial charge in [-0.25, -0.2) is 0 Å². The lowest BCUT2D eigenvalue weighted by atomic mass is 10.1. The molecule has 0 fully saturated rings. The number of methoxy groups -OCH3 is 1. The molecule has 2 aromatic carbocycles. The minimum Gasteiger partial charge on any atom is -0.493 e. The first-order valence-corrected chi connectivity index (χ1v) is 7.66. The van der Waals surface area contributed by atoms with Gasteiger partial charge < -0.3 is 14.8 Å². The molecule has 2 aromatic rings. The van der Waals surface area contributed by atoms with Crippen LogP contribution in [0.2, 0.25) is 0 Å². The minimum atomic E-state index is -0.0649. The average molecular weight is 313 g/mol. The summed E-state index contributed by atoms with van der Waals surface area (Å²) < 4.78 is 10.8. The van der Waals surface area contributed by atoms with Crippen molar-refractivity contribution in [2.45, 2.75) is 26.9 Å². The van der Waals surface area contributed by atoms with Crippen LogP contribution in [0.3, 0.4) is 0 Å². The molecular formula is C19H23NO3. The monoisotopic (exact) mass is 313 g/mol. The minimum absolute atomic E-state index is 0.0649. The van der Waals surface area contributed by atoms with E-state index in [1.54, 1.807) is 7.11 Å². The molecule has 0 unspecified atom stereocenters. The molecule has 4 nitrogen and oxygen atoms in total. The third kappa shape index (κ3) is 5.42. The second-order valence-electron chi connectivity index (χ2n) is 5.55. The number of ether oxygens (including phenoxy) is 2. The van der Waals surface area contributed by atoms with Crippen LogP contribution in [0.1, 0.15) is 23.1 Å². The van der Waals surface area contributed by atoms with Crippen molar-refractivity contribution in [1.82, 2.24) is 0 Å². The fourth-order valence-corrected chi connectivity index (χ4v) is 2.25.